The zero-order valence-electron chi connectivity index (χ0n) is 9.15. The summed E-state index contributed by atoms with van der Waals surface area (Å²) >= 11 is 0. The minimum Gasteiger partial charge on any atom is -0.399 e. The maximum Gasteiger partial charge on any atom is 0.238 e. The van der Waals surface area contributed by atoms with Crippen LogP contribution in [0.25, 0.3) is 0 Å². The molecule has 5 heteroatoms. The van der Waals surface area contributed by atoms with Gasteiger partial charge in [0.15, 0.2) is 0 Å². The van der Waals surface area contributed by atoms with Crippen LogP contribution in [0, 0.1) is 0 Å². The van der Waals surface area contributed by atoms with E-state index < -0.39 is 10.0 Å². The van der Waals surface area contributed by atoms with Crippen LogP contribution in [0.3, 0.4) is 0 Å². The van der Waals surface area contributed by atoms with Gasteiger partial charge in [-0.25, -0.2) is 13.6 Å². The van der Waals surface area contributed by atoms with Crippen molar-refractivity contribution >= 4 is 15.7 Å². The first-order chi connectivity index (χ1) is 8.00. The van der Waals surface area contributed by atoms with Gasteiger partial charge in [-0.1, -0.05) is 36.4 Å². The molecular formula is C12H14N2O2S. The first-order valence-corrected chi connectivity index (χ1v) is 6.43. The van der Waals surface area contributed by atoms with Gasteiger partial charge in [-0.15, -0.1) is 0 Å². The summed E-state index contributed by atoms with van der Waals surface area (Å²) in [4.78, 5) is 0.148. The summed E-state index contributed by atoms with van der Waals surface area (Å²) in [6.45, 7) is 0. The number of nitrogens with two attached hydrogens (primary N) is 2. The minimum absolute atomic E-state index is 0.148. The van der Waals surface area contributed by atoms with Crippen molar-refractivity contribution in [2.75, 3.05) is 5.73 Å². The van der Waals surface area contributed by atoms with Crippen LogP contribution in [0.1, 0.15) is 0 Å². The van der Waals surface area contributed by atoms with Crippen LogP contribution >= 0.6 is 0 Å². The van der Waals surface area contributed by atoms with Crippen LogP contribution < -0.4 is 10.9 Å². The molecule has 2 rings (SSSR count). The first-order valence-electron chi connectivity index (χ1n) is 4.88. The van der Waals surface area contributed by atoms with Crippen molar-refractivity contribution in [3.8, 4) is 0 Å². The molecule has 0 unspecified atom stereocenters. The monoisotopic (exact) mass is 250 g/mol. The van der Waals surface area contributed by atoms with E-state index in [-0.39, 0.29) is 4.90 Å². The van der Waals surface area contributed by atoms with E-state index >= 15 is 0 Å². The molecule has 0 spiro atoms. The number of nitrogen functional groups attached to an aromatic ring is 1. The van der Waals surface area contributed by atoms with Crippen molar-refractivity contribution < 1.29 is 8.42 Å². The summed E-state index contributed by atoms with van der Waals surface area (Å²) in [5.41, 5.74) is 6.18. The van der Waals surface area contributed by atoms with Gasteiger partial charge in [-0.2, -0.15) is 0 Å². The highest BCUT2D eigenvalue weighted by Gasteiger charge is 2.03. The molecule has 0 saturated carbocycles. The van der Waals surface area contributed by atoms with Crippen LogP contribution in [0.2, 0.25) is 0 Å². The molecule has 0 fully saturated rings. The number of benzene rings is 2. The summed E-state index contributed by atoms with van der Waals surface area (Å²) in [7, 11) is -3.50. The van der Waals surface area contributed by atoms with Crippen molar-refractivity contribution in [1.29, 1.82) is 0 Å². The van der Waals surface area contributed by atoms with Crippen LogP contribution in [0.15, 0.2) is 65.6 Å². The molecule has 4 N–H and O–H groups in total. The Morgan fingerprint density at radius 1 is 0.765 bits per heavy atom. The van der Waals surface area contributed by atoms with Gasteiger partial charge in [0.25, 0.3) is 0 Å². The highest BCUT2D eigenvalue weighted by Crippen LogP contribution is 2.03. The number of sulfonamides is 1. The van der Waals surface area contributed by atoms with Crippen molar-refractivity contribution in [1.82, 2.24) is 0 Å². The maximum absolute atomic E-state index is 10.6. The molecule has 2 aromatic carbocycles. The normalized spacial score (nSPS) is 10.2. The number of hydrogen-bond acceptors (Lipinski definition) is 3. The molecule has 2 aromatic rings. The lowest BCUT2D eigenvalue weighted by molar-refractivity contribution is 0.598. The summed E-state index contributed by atoms with van der Waals surface area (Å²) in [5, 5.41) is 4.83. The predicted molar refractivity (Wildman–Crippen MR) is 68.7 cm³/mol. The number of rotatable bonds is 1. The van der Waals surface area contributed by atoms with E-state index in [1.807, 2.05) is 30.3 Å². The van der Waals surface area contributed by atoms with E-state index in [1.54, 1.807) is 18.2 Å². The SMILES string of the molecule is NS(=O)(=O)c1ccccc1.Nc1ccccc1. The molecule has 0 saturated heterocycles. The third kappa shape index (κ3) is 5.14. The molecule has 90 valence electrons. The Morgan fingerprint density at radius 2 is 1.18 bits per heavy atom. The van der Waals surface area contributed by atoms with Gasteiger partial charge >= 0.3 is 0 Å². The second kappa shape index (κ2) is 6.03. The quantitative estimate of drug-likeness (QED) is 0.754. The number of anilines is 1. The zero-order valence-corrected chi connectivity index (χ0v) is 9.97. The van der Waals surface area contributed by atoms with Crippen LogP contribution in [-0.4, -0.2) is 8.42 Å². The summed E-state index contributed by atoms with van der Waals surface area (Å²) in [6.07, 6.45) is 0. The molecule has 0 aliphatic rings. The minimum atomic E-state index is -3.50. The van der Waals surface area contributed by atoms with Crippen LogP contribution in [0.5, 0.6) is 0 Å². The van der Waals surface area contributed by atoms with Gasteiger partial charge in [0.2, 0.25) is 10.0 Å². The first kappa shape index (κ1) is 13.2. The van der Waals surface area contributed by atoms with E-state index in [4.69, 9.17) is 10.9 Å². The van der Waals surface area contributed by atoms with E-state index in [9.17, 15) is 8.42 Å². The maximum atomic E-state index is 10.6. The van der Waals surface area contributed by atoms with Gasteiger partial charge in [-0.05, 0) is 24.3 Å². The summed E-state index contributed by atoms with van der Waals surface area (Å²) in [5.74, 6) is 0. The van der Waals surface area contributed by atoms with E-state index in [2.05, 4.69) is 0 Å². The van der Waals surface area contributed by atoms with Crippen molar-refractivity contribution in [3.05, 3.63) is 60.7 Å². The molecule has 17 heavy (non-hydrogen) atoms. The molecule has 0 atom stereocenters. The molecule has 0 aliphatic heterocycles. The summed E-state index contributed by atoms with van der Waals surface area (Å²) < 4.78 is 21.2. The van der Waals surface area contributed by atoms with E-state index in [1.165, 1.54) is 12.1 Å². The highest BCUT2D eigenvalue weighted by molar-refractivity contribution is 7.89. The molecule has 0 bridgehead atoms. The summed E-state index contributed by atoms with van der Waals surface area (Å²) in [6, 6.07) is 17.4. The fraction of sp³-hybridized carbons (Fsp3) is 0. The molecule has 0 aliphatic carbocycles. The Labute approximate surface area is 101 Å². The molecule has 0 aromatic heterocycles. The second-order valence-electron chi connectivity index (χ2n) is 3.27. The van der Waals surface area contributed by atoms with Crippen LogP contribution in [-0.2, 0) is 10.0 Å². The fourth-order valence-electron chi connectivity index (χ4n) is 1.06. The van der Waals surface area contributed by atoms with Crippen molar-refractivity contribution in [2.24, 2.45) is 5.14 Å². The Morgan fingerprint density at radius 3 is 1.41 bits per heavy atom. The van der Waals surface area contributed by atoms with Gasteiger partial charge < -0.3 is 5.73 Å². The molecule has 0 amide bonds. The molecular weight excluding hydrogens is 236 g/mol. The smallest absolute Gasteiger partial charge is 0.238 e. The topological polar surface area (TPSA) is 86.2 Å². The van der Waals surface area contributed by atoms with Crippen molar-refractivity contribution in [3.63, 3.8) is 0 Å². The third-order valence-electron chi connectivity index (χ3n) is 1.87. The molecule has 4 nitrogen and oxygen atoms in total. The number of para-hydroxylation sites is 1. The zero-order chi connectivity index (χ0) is 12.7. The van der Waals surface area contributed by atoms with Crippen LogP contribution in [0.4, 0.5) is 5.69 Å². The molecule has 0 radical (unpaired) electrons. The predicted octanol–water partition coefficient (Wildman–Crippen LogP) is 1.60. The van der Waals surface area contributed by atoms with Gasteiger partial charge in [-0.3, -0.25) is 0 Å². The lowest BCUT2D eigenvalue weighted by atomic mass is 10.3. The Balaban J connectivity index is 0.000000181. The lowest BCUT2D eigenvalue weighted by Gasteiger charge is -1.93. The number of hydrogen-bond donors (Lipinski definition) is 2. The van der Waals surface area contributed by atoms with Gasteiger partial charge in [0.05, 0.1) is 4.90 Å². The van der Waals surface area contributed by atoms with Gasteiger partial charge in [0, 0.05) is 5.69 Å². The molecule has 0 heterocycles. The average molecular weight is 250 g/mol. The van der Waals surface area contributed by atoms with E-state index in [0.717, 1.165) is 5.69 Å². The second-order valence-corrected chi connectivity index (χ2v) is 4.83. The third-order valence-corrected chi connectivity index (χ3v) is 2.80. The lowest BCUT2D eigenvalue weighted by Crippen LogP contribution is -2.11. The fourth-order valence-corrected chi connectivity index (χ4v) is 1.60. The Bertz CT molecular complexity index is 539. The van der Waals surface area contributed by atoms with Gasteiger partial charge in [0.1, 0.15) is 0 Å². The van der Waals surface area contributed by atoms with E-state index in [0.29, 0.717) is 0 Å². The largest absolute Gasteiger partial charge is 0.399 e. The Hall–Kier alpha value is -1.85. The Kier molecular flexibility index (Phi) is 4.68. The average Bonchev–Trinajstić information content (AvgIpc) is 2.31. The number of primary sulfonamides is 1. The highest BCUT2D eigenvalue weighted by atomic mass is 32.2. The standard InChI is InChI=1S/C6H7NO2S.C6H7N/c7-10(8,9)6-4-2-1-3-5-6;7-6-4-2-1-3-5-6/h1-5H,(H2,7,8,9);1-5H,7H2. The van der Waals surface area contributed by atoms with Crippen molar-refractivity contribution in [2.45, 2.75) is 4.90 Å².